The van der Waals surface area contributed by atoms with Gasteiger partial charge in [0.1, 0.15) is 0 Å². The van der Waals surface area contributed by atoms with Crippen molar-refractivity contribution >= 4 is 10.0 Å². The van der Waals surface area contributed by atoms with Crippen molar-refractivity contribution in [2.45, 2.75) is 13.8 Å². The Kier molecular flexibility index (Phi) is 5.72. The molecule has 2 N–H and O–H groups in total. The predicted octanol–water partition coefficient (Wildman–Crippen LogP) is -0.514. The molecule has 0 amide bonds. The zero-order valence-electron chi connectivity index (χ0n) is 9.95. The van der Waals surface area contributed by atoms with Crippen molar-refractivity contribution in [3.05, 3.63) is 0 Å². The second kappa shape index (κ2) is 5.79. The molecule has 0 aromatic carbocycles. The highest BCUT2D eigenvalue weighted by Gasteiger charge is 2.17. The summed E-state index contributed by atoms with van der Waals surface area (Å²) in [6, 6.07) is 0. The number of hydrogen-bond acceptors (Lipinski definition) is 4. The third kappa shape index (κ3) is 6.09. The van der Waals surface area contributed by atoms with Crippen LogP contribution in [0.3, 0.4) is 0 Å². The first-order chi connectivity index (χ1) is 6.71. The summed E-state index contributed by atoms with van der Waals surface area (Å²) in [5.41, 5.74) is -0.206. The maximum atomic E-state index is 11.4. The smallest absolute Gasteiger partial charge is 0.214 e. The van der Waals surface area contributed by atoms with E-state index in [1.54, 1.807) is 0 Å². The van der Waals surface area contributed by atoms with Crippen LogP contribution in [-0.4, -0.2) is 57.4 Å². The van der Waals surface area contributed by atoms with Crippen LogP contribution in [0.4, 0.5) is 0 Å². The van der Waals surface area contributed by atoms with Crippen LogP contribution in [0.15, 0.2) is 0 Å². The Morgan fingerprint density at radius 2 is 1.87 bits per heavy atom. The summed E-state index contributed by atoms with van der Waals surface area (Å²) in [6.45, 7) is 4.93. The molecule has 0 aliphatic carbocycles. The Labute approximate surface area is 92.5 Å². The molecule has 0 radical (unpaired) electrons. The number of rotatable bonds is 7. The molecule has 0 spiro atoms. The zero-order valence-corrected chi connectivity index (χ0v) is 10.8. The number of nitrogens with zero attached hydrogens (tertiary/aromatic N) is 1. The summed E-state index contributed by atoms with van der Waals surface area (Å²) >= 11 is 0. The Morgan fingerprint density at radius 3 is 2.27 bits per heavy atom. The second-order valence-corrected chi connectivity index (χ2v) is 6.90. The minimum absolute atomic E-state index is 0.0838. The van der Waals surface area contributed by atoms with E-state index in [1.807, 2.05) is 13.8 Å². The number of sulfonamides is 1. The van der Waals surface area contributed by atoms with Crippen molar-refractivity contribution in [1.82, 2.24) is 9.62 Å². The highest BCUT2D eigenvalue weighted by molar-refractivity contribution is 7.89. The van der Waals surface area contributed by atoms with Crippen LogP contribution in [0.25, 0.3) is 0 Å². The van der Waals surface area contributed by atoms with Crippen molar-refractivity contribution < 1.29 is 13.5 Å². The van der Waals surface area contributed by atoms with Gasteiger partial charge in [0, 0.05) is 39.2 Å². The lowest BCUT2D eigenvalue weighted by molar-refractivity contribution is 0.158. The van der Waals surface area contributed by atoms with E-state index in [-0.39, 0.29) is 17.8 Å². The summed E-state index contributed by atoms with van der Waals surface area (Å²) in [4.78, 5) is 0. The van der Waals surface area contributed by atoms with E-state index >= 15 is 0 Å². The number of aliphatic hydroxyl groups excluding tert-OH is 1. The van der Waals surface area contributed by atoms with Crippen LogP contribution in [0.2, 0.25) is 0 Å². The molecule has 0 heterocycles. The molecular formula is C9H22N2O3S. The molecule has 0 saturated carbocycles. The topological polar surface area (TPSA) is 69.6 Å². The summed E-state index contributed by atoms with van der Waals surface area (Å²) in [5.74, 6) is 0.0848. The maximum absolute atomic E-state index is 11.4. The monoisotopic (exact) mass is 238 g/mol. The molecule has 0 aromatic rings. The fourth-order valence-corrected chi connectivity index (χ4v) is 1.63. The summed E-state index contributed by atoms with van der Waals surface area (Å²) in [7, 11) is -0.0727. The maximum Gasteiger partial charge on any atom is 0.214 e. The average molecular weight is 238 g/mol. The van der Waals surface area contributed by atoms with Crippen molar-refractivity contribution in [3.63, 3.8) is 0 Å². The van der Waals surface area contributed by atoms with Gasteiger partial charge >= 0.3 is 0 Å². The molecule has 0 rings (SSSR count). The largest absolute Gasteiger partial charge is 0.396 e. The third-order valence-electron chi connectivity index (χ3n) is 2.12. The van der Waals surface area contributed by atoms with E-state index < -0.39 is 10.0 Å². The van der Waals surface area contributed by atoms with E-state index in [9.17, 15) is 8.42 Å². The van der Waals surface area contributed by atoms with E-state index in [2.05, 4.69) is 5.32 Å². The molecule has 15 heavy (non-hydrogen) atoms. The Hall–Kier alpha value is -0.170. The van der Waals surface area contributed by atoms with Gasteiger partial charge in [0.2, 0.25) is 10.0 Å². The Balaban J connectivity index is 3.83. The van der Waals surface area contributed by atoms with Crippen LogP contribution in [-0.2, 0) is 10.0 Å². The number of aliphatic hydroxyl groups is 1. The van der Waals surface area contributed by atoms with E-state index in [0.717, 1.165) is 0 Å². The van der Waals surface area contributed by atoms with E-state index in [4.69, 9.17) is 5.11 Å². The number of nitrogens with one attached hydrogen (secondary N) is 1. The number of hydrogen-bond donors (Lipinski definition) is 2. The first-order valence-corrected chi connectivity index (χ1v) is 6.54. The average Bonchev–Trinajstić information content (AvgIpc) is 2.12. The highest BCUT2D eigenvalue weighted by atomic mass is 32.2. The van der Waals surface area contributed by atoms with Gasteiger partial charge in [0.25, 0.3) is 0 Å². The molecule has 6 heteroatoms. The van der Waals surface area contributed by atoms with Crippen molar-refractivity contribution in [3.8, 4) is 0 Å². The summed E-state index contributed by atoms with van der Waals surface area (Å²) in [6.07, 6.45) is 0. The lowest BCUT2D eigenvalue weighted by Crippen LogP contribution is -2.36. The van der Waals surface area contributed by atoms with Crippen LogP contribution in [0, 0.1) is 5.41 Å². The van der Waals surface area contributed by atoms with Crippen molar-refractivity contribution in [1.29, 1.82) is 0 Å². The van der Waals surface area contributed by atoms with E-state index in [1.165, 1.54) is 18.4 Å². The molecule has 0 fully saturated rings. The Bertz CT molecular complexity index is 273. The molecule has 0 atom stereocenters. The summed E-state index contributed by atoms with van der Waals surface area (Å²) < 4.78 is 23.9. The van der Waals surface area contributed by atoms with Gasteiger partial charge < -0.3 is 10.4 Å². The lowest BCUT2D eigenvalue weighted by Gasteiger charge is -2.22. The zero-order chi connectivity index (χ0) is 12.1. The fourth-order valence-electron chi connectivity index (χ4n) is 0.866. The van der Waals surface area contributed by atoms with Gasteiger partial charge in [0.15, 0.2) is 0 Å². The first kappa shape index (κ1) is 14.8. The lowest BCUT2D eigenvalue weighted by atomic mass is 9.95. The van der Waals surface area contributed by atoms with Gasteiger partial charge in [-0.2, -0.15) is 0 Å². The van der Waals surface area contributed by atoms with Crippen LogP contribution >= 0.6 is 0 Å². The van der Waals surface area contributed by atoms with Gasteiger partial charge in [0.05, 0.1) is 5.75 Å². The molecule has 92 valence electrons. The fraction of sp³-hybridized carbons (Fsp3) is 1.00. The predicted molar refractivity (Wildman–Crippen MR) is 61.2 cm³/mol. The molecule has 5 nitrogen and oxygen atoms in total. The summed E-state index contributed by atoms with van der Waals surface area (Å²) in [5, 5.41) is 12.0. The van der Waals surface area contributed by atoms with Crippen LogP contribution < -0.4 is 5.32 Å². The van der Waals surface area contributed by atoms with E-state index in [0.29, 0.717) is 13.1 Å². The van der Waals surface area contributed by atoms with Gasteiger partial charge in [-0.1, -0.05) is 13.8 Å². The normalized spacial score (nSPS) is 13.5. The molecule has 0 bridgehead atoms. The third-order valence-corrected chi connectivity index (χ3v) is 3.96. The quantitative estimate of drug-likeness (QED) is 0.586. The van der Waals surface area contributed by atoms with Crippen molar-refractivity contribution in [2.75, 3.05) is 39.5 Å². The van der Waals surface area contributed by atoms with Gasteiger partial charge in [-0.3, -0.25) is 0 Å². The minimum Gasteiger partial charge on any atom is -0.396 e. The first-order valence-electron chi connectivity index (χ1n) is 4.93. The van der Waals surface area contributed by atoms with Crippen molar-refractivity contribution in [2.24, 2.45) is 5.41 Å². The standard InChI is InChI=1S/C9H22N2O3S/c1-9(2,8-12)7-10-5-6-15(13,14)11(3)4/h10,12H,5-8H2,1-4H3. The second-order valence-electron chi connectivity index (χ2n) is 4.60. The van der Waals surface area contributed by atoms with Gasteiger partial charge in [-0.05, 0) is 0 Å². The van der Waals surface area contributed by atoms with Crippen LogP contribution in [0.5, 0.6) is 0 Å². The van der Waals surface area contributed by atoms with Crippen LogP contribution in [0.1, 0.15) is 13.8 Å². The highest BCUT2D eigenvalue weighted by Crippen LogP contribution is 2.10. The molecule has 0 unspecified atom stereocenters. The molecule has 0 aromatic heterocycles. The van der Waals surface area contributed by atoms with Gasteiger partial charge in [-0.25, -0.2) is 12.7 Å². The molecule has 0 aliphatic heterocycles. The molecule has 0 saturated heterocycles. The minimum atomic E-state index is -3.11. The SMILES string of the molecule is CN(C)S(=O)(=O)CCNCC(C)(C)CO. The Morgan fingerprint density at radius 1 is 1.33 bits per heavy atom. The molecular weight excluding hydrogens is 216 g/mol. The molecule has 0 aliphatic rings. The van der Waals surface area contributed by atoms with Gasteiger partial charge in [-0.15, -0.1) is 0 Å².